The van der Waals surface area contributed by atoms with Gasteiger partial charge in [-0.1, -0.05) is 25.1 Å². The van der Waals surface area contributed by atoms with E-state index >= 15 is 0 Å². The second-order valence-corrected chi connectivity index (χ2v) is 9.93. The summed E-state index contributed by atoms with van der Waals surface area (Å²) < 4.78 is 33.2. The molecule has 0 aliphatic carbocycles. The molecule has 2 aliphatic rings. The highest BCUT2D eigenvalue weighted by Gasteiger charge is 2.32. The lowest BCUT2D eigenvalue weighted by molar-refractivity contribution is -0.131. The maximum absolute atomic E-state index is 13.1. The molecule has 2 aromatic rings. The van der Waals surface area contributed by atoms with Gasteiger partial charge in [-0.05, 0) is 36.8 Å². The molecule has 1 unspecified atom stereocenters. The fourth-order valence-corrected chi connectivity index (χ4v) is 5.29. The summed E-state index contributed by atoms with van der Waals surface area (Å²) in [6.45, 7) is 2.33. The standard InChI is InChI=1S/C23H26N4O6S/c1-2-19-23(30)25-18-14-17(8-9-20(18)33-19)34(31,32)27-12-10-26(11-13-27)21(28)15-24-22(29)16-6-4-3-5-7-16/h3-9,14,19H,2,10-13,15H2,1H3,(H,24,29)(H,25,30). The molecule has 0 radical (unpaired) electrons. The second kappa shape index (κ2) is 9.82. The molecule has 0 spiro atoms. The Morgan fingerprint density at radius 2 is 1.79 bits per heavy atom. The van der Waals surface area contributed by atoms with Crippen molar-refractivity contribution in [2.24, 2.45) is 0 Å². The van der Waals surface area contributed by atoms with Gasteiger partial charge in [0, 0.05) is 31.7 Å². The minimum atomic E-state index is -3.82. The Labute approximate surface area is 197 Å². The summed E-state index contributed by atoms with van der Waals surface area (Å²) in [5, 5.41) is 5.29. The number of carbonyl (C=O) groups excluding carboxylic acids is 3. The normalized spacial score (nSPS) is 18.4. The number of ether oxygens (including phenoxy) is 1. The number of hydrogen-bond acceptors (Lipinski definition) is 6. The van der Waals surface area contributed by atoms with Gasteiger partial charge in [0.05, 0.1) is 17.1 Å². The van der Waals surface area contributed by atoms with Crippen molar-refractivity contribution in [2.75, 3.05) is 38.0 Å². The lowest BCUT2D eigenvalue weighted by Crippen LogP contribution is -2.52. The fraction of sp³-hybridized carbons (Fsp3) is 0.348. The third-order valence-corrected chi connectivity index (χ3v) is 7.70. The number of piperazine rings is 1. The van der Waals surface area contributed by atoms with Crippen LogP contribution in [0.5, 0.6) is 5.75 Å². The van der Waals surface area contributed by atoms with Crippen molar-refractivity contribution in [2.45, 2.75) is 24.3 Å². The van der Waals surface area contributed by atoms with Crippen LogP contribution in [0, 0.1) is 0 Å². The molecule has 0 saturated carbocycles. The van der Waals surface area contributed by atoms with E-state index in [1.54, 1.807) is 36.4 Å². The number of sulfonamides is 1. The Balaban J connectivity index is 1.34. The summed E-state index contributed by atoms with van der Waals surface area (Å²) in [7, 11) is -3.82. The van der Waals surface area contributed by atoms with Gasteiger partial charge >= 0.3 is 0 Å². The number of anilines is 1. The first-order chi connectivity index (χ1) is 16.3. The molecule has 0 aromatic heterocycles. The van der Waals surface area contributed by atoms with Crippen LogP contribution in [0.1, 0.15) is 23.7 Å². The zero-order chi connectivity index (χ0) is 24.3. The van der Waals surface area contributed by atoms with E-state index in [-0.39, 0.29) is 55.3 Å². The van der Waals surface area contributed by atoms with Crippen LogP contribution >= 0.6 is 0 Å². The van der Waals surface area contributed by atoms with Crippen molar-refractivity contribution in [3.05, 3.63) is 54.1 Å². The second-order valence-electron chi connectivity index (χ2n) is 8.00. The maximum atomic E-state index is 13.1. The van der Waals surface area contributed by atoms with Gasteiger partial charge in [-0.2, -0.15) is 4.31 Å². The molecule has 3 amide bonds. The average Bonchev–Trinajstić information content (AvgIpc) is 2.86. The van der Waals surface area contributed by atoms with Gasteiger partial charge in [0.1, 0.15) is 5.75 Å². The minimum absolute atomic E-state index is 0.0417. The Morgan fingerprint density at radius 1 is 1.09 bits per heavy atom. The highest BCUT2D eigenvalue weighted by Crippen LogP contribution is 2.33. The highest BCUT2D eigenvalue weighted by molar-refractivity contribution is 7.89. The van der Waals surface area contributed by atoms with E-state index in [4.69, 9.17) is 4.74 Å². The lowest BCUT2D eigenvalue weighted by Gasteiger charge is -2.34. The minimum Gasteiger partial charge on any atom is -0.478 e. The van der Waals surface area contributed by atoms with Crippen LogP contribution in [0.2, 0.25) is 0 Å². The Kier molecular flexibility index (Phi) is 6.85. The molecule has 4 rings (SSSR count). The fourth-order valence-electron chi connectivity index (χ4n) is 3.84. The van der Waals surface area contributed by atoms with E-state index < -0.39 is 16.1 Å². The first-order valence-electron chi connectivity index (χ1n) is 11.0. The maximum Gasteiger partial charge on any atom is 0.265 e. The van der Waals surface area contributed by atoms with Crippen LogP contribution in [0.25, 0.3) is 0 Å². The van der Waals surface area contributed by atoms with Crippen molar-refractivity contribution in [3.63, 3.8) is 0 Å². The van der Waals surface area contributed by atoms with Crippen LogP contribution in [0.3, 0.4) is 0 Å². The number of benzene rings is 2. The summed E-state index contributed by atoms with van der Waals surface area (Å²) in [5.74, 6) is -0.501. The van der Waals surface area contributed by atoms with Crippen molar-refractivity contribution >= 4 is 33.4 Å². The smallest absolute Gasteiger partial charge is 0.265 e. The molecule has 180 valence electrons. The van der Waals surface area contributed by atoms with Gasteiger partial charge in [0.15, 0.2) is 6.10 Å². The van der Waals surface area contributed by atoms with E-state index in [9.17, 15) is 22.8 Å². The van der Waals surface area contributed by atoms with Gasteiger partial charge < -0.3 is 20.3 Å². The number of rotatable bonds is 6. The van der Waals surface area contributed by atoms with Crippen molar-refractivity contribution < 1.29 is 27.5 Å². The molecule has 34 heavy (non-hydrogen) atoms. The average molecular weight is 487 g/mol. The van der Waals surface area contributed by atoms with Gasteiger partial charge in [-0.3, -0.25) is 14.4 Å². The summed E-state index contributed by atoms with van der Waals surface area (Å²) in [6.07, 6.45) is -0.0948. The summed E-state index contributed by atoms with van der Waals surface area (Å²) in [6, 6.07) is 13.0. The van der Waals surface area contributed by atoms with Crippen LogP contribution in [0.4, 0.5) is 5.69 Å². The largest absolute Gasteiger partial charge is 0.478 e. The lowest BCUT2D eigenvalue weighted by atomic mass is 10.2. The van der Waals surface area contributed by atoms with Gasteiger partial charge in [-0.15, -0.1) is 0 Å². The SMILES string of the molecule is CCC1Oc2ccc(S(=O)(=O)N3CCN(C(=O)CNC(=O)c4ccccc4)CC3)cc2NC1=O. The van der Waals surface area contributed by atoms with E-state index in [0.29, 0.717) is 23.4 Å². The molecule has 1 saturated heterocycles. The quantitative estimate of drug-likeness (QED) is 0.629. The van der Waals surface area contributed by atoms with E-state index in [0.717, 1.165) is 0 Å². The summed E-state index contributed by atoms with van der Waals surface area (Å²) >= 11 is 0. The molecular formula is C23H26N4O6S. The number of amides is 3. The number of nitrogens with one attached hydrogen (secondary N) is 2. The predicted molar refractivity (Wildman–Crippen MR) is 124 cm³/mol. The number of carbonyl (C=O) groups is 3. The third kappa shape index (κ3) is 4.90. The first kappa shape index (κ1) is 23.7. The van der Waals surface area contributed by atoms with E-state index in [2.05, 4.69) is 10.6 Å². The zero-order valence-electron chi connectivity index (χ0n) is 18.7. The number of nitrogens with zero attached hydrogens (tertiary/aromatic N) is 2. The molecule has 2 aromatic carbocycles. The molecule has 1 atom stereocenters. The predicted octanol–water partition coefficient (Wildman–Crippen LogP) is 1.06. The number of hydrogen-bond donors (Lipinski definition) is 2. The van der Waals surface area contributed by atoms with Crippen LogP contribution in [-0.4, -0.2) is 74.2 Å². The molecule has 2 aliphatic heterocycles. The van der Waals surface area contributed by atoms with Gasteiger partial charge in [0.25, 0.3) is 11.8 Å². The molecule has 10 nitrogen and oxygen atoms in total. The van der Waals surface area contributed by atoms with Crippen molar-refractivity contribution in [3.8, 4) is 5.75 Å². The molecule has 11 heteroatoms. The van der Waals surface area contributed by atoms with Crippen LogP contribution in [-0.2, 0) is 19.6 Å². The van der Waals surface area contributed by atoms with Crippen LogP contribution < -0.4 is 15.4 Å². The van der Waals surface area contributed by atoms with Crippen molar-refractivity contribution in [1.82, 2.24) is 14.5 Å². The van der Waals surface area contributed by atoms with Gasteiger partial charge in [0.2, 0.25) is 15.9 Å². The topological polar surface area (TPSA) is 125 Å². The third-order valence-electron chi connectivity index (χ3n) is 5.81. The molecule has 0 bridgehead atoms. The van der Waals surface area contributed by atoms with Crippen molar-refractivity contribution in [1.29, 1.82) is 0 Å². The Bertz CT molecular complexity index is 1190. The number of fused-ring (bicyclic) bond motifs is 1. The van der Waals surface area contributed by atoms with E-state index in [1.807, 2.05) is 6.92 Å². The summed E-state index contributed by atoms with van der Waals surface area (Å²) in [4.78, 5) is 38.3. The monoisotopic (exact) mass is 486 g/mol. The van der Waals surface area contributed by atoms with Gasteiger partial charge in [-0.25, -0.2) is 8.42 Å². The molecule has 2 N–H and O–H groups in total. The summed E-state index contributed by atoms with van der Waals surface area (Å²) in [5.41, 5.74) is 0.779. The molecule has 2 heterocycles. The Hall–Kier alpha value is -3.44. The van der Waals surface area contributed by atoms with Crippen LogP contribution in [0.15, 0.2) is 53.4 Å². The molecular weight excluding hydrogens is 460 g/mol. The zero-order valence-corrected chi connectivity index (χ0v) is 19.5. The Morgan fingerprint density at radius 3 is 2.47 bits per heavy atom. The highest BCUT2D eigenvalue weighted by atomic mass is 32.2. The molecule has 1 fully saturated rings. The first-order valence-corrected chi connectivity index (χ1v) is 12.5. The van der Waals surface area contributed by atoms with E-state index in [1.165, 1.54) is 21.3 Å².